The Bertz CT molecular complexity index is 694. The van der Waals surface area contributed by atoms with E-state index in [0.717, 1.165) is 5.56 Å². The molecule has 0 unspecified atom stereocenters. The number of hydrazone groups is 1. The number of hydrogen-bond donors (Lipinski definition) is 3. The number of benzene rings is 2. The van der Waals surface area contributed by atoms with Crippen LogP contribution in [0.1, 0.15) is 21.5 Å². The number of aryl methyl sites for hydroxylation is 1. The minimum Gasteiger partial charge on any atom is -0.478 e. The summed E-state index contributed by atoms with van der Waals surface area (Å²) in [7, 11) is 0. The van der Waals surface area contributed by atoms with Crippen LogP contribution < -0.4 is 10.7 Å². The van der Waals surface area contributed by atoms with Crippen LogP contribution in [0, 0.1) is 6.92 Å². The Morgan fingerprint density at radius 1 is 1.14 bits per heavy atom. The molecule has 2 aromatic carbocycles. The Morgan fingerprint density at radius 3 is 2.36 bits per heavy atom. The van der Waals surface area contributed by atoms with Gasteiger partial charge in [0.25, 0.3) is 0 Å². The number of carboxylic acids is 1. The number of hydrogen-bond acceptors (Lipinski definition) is 3. The number of carboxylic acid groups (broad SMARTS) is 1. The molecule has 0 spiro atoms. The zero-order valence-electron chi connectivity index (χ0n) is 11.9. The van der Waals surface area contributed by atoms with Gasteiger partial charge in [0, 0.05) is 5.69 Å². The molecule has 0 aliphatic heterocycles. The molecule has 0 heterocycles. The zero-order chi connectivity index (χ0) is 15.9. The van der Waals surface area contributed by atoms with E-state index < -0.39 is 5.97 Å². The molecule has 0 radical (unpaired) electrons. The van der Waals surface area contributed by atoms with Gasteiger partial charge in [0.05, 0.1) is 11.8 Å². The Labute approximate surface area is 133 Å². The molecule has 0 fully saturated rings. The molecule has 0 aromatic heterocycles. The van der Waals surface area contributed by atoms with E-state index in [9.17, 15) is 4.79 Å². The molecular formula is C16H15N3O2S. The summed E-state index contributed by atoms with van der Waals surface area (Å²) >= 11 is 5.10. The minimum atomic E-state index is -0.963. The van der Waals surface area contributed by atoms with Crippen molar-refractivity contribution in [1.82, 2.24) is 5.43 Å². The lowest BCUT2D eigenvalue weighted by atomic mass is 10.2. The molecule has 0 amide bonds. The minimum absolute atomic E-state index is 0.224. The number of thiocarbonyl (C=S) groups is 1. The van der Waals surface area contributed by atoms with Gasteiger partial charge in [0.15, 0.2) is 5.11 Å². The third-order valence-electron chi connectivity index (χ3n) is 2.85. The summed E-state index contributed by atoms with van der Waals surface area (Å²) in [6, 6.07) is 14.2. The second-order valence-corrected chi connectivity index (χ2v) is 5.03. The maximum Gasteiger partial charge on any atom is 0.335 e. The van der Waals surface area contributed by atoms with Crippen LogP contribution in [-0.2, 0) is 0 Å². The van der Waals surface area contributed by atoms with Crippen molar-refractivity contribution in [3.63, 3.8) is 0 Å². The van der Waals surface area contributed by atoms with E-state index >= 15 is 0 Å². The highest BCUT2D eigenvalue weighted by Gasteiger charge is 2.02. The Balaban J connectivity index is 1.87. The lowest BCUT2D eigenvalue weighted by molar-refractivity contribution is 0.0697. The van der Waals surface area contributed by atoms with Gasteiger partial charge in [-0.05, 0) is 49.0 Å². The fourth-order valence-electron chi connectivity index (χ4n) is 1.67. The van der Waals surface area contributed by atoms with Gasteiger partial charge in [0.2, 0.25) is 0 Å². The summed E-state index contributed by atoms with van der Waals surface area (Å²) in [6.07, 6.45) is 1.67. The normalized spacial score (nSPS) is 10.4. The summed E-state index contributed by atoms with van der Waals surface area (Å²) in [5.41, 5.74) is 5.77. The number of anilines is 1. The van der Waals surface area contributed by atoms with Crippen LogP contribution in [0.2, 0.25) is 0 Å². The molecule has 0 saturated heterocycles. The van der Waals surface area contributed by atoms with Crippen molar-refractivity contribution in [3.05, 3.63) is 65.2 Å². The maximum absolute atomic E-state index is 10.8. The van der Waals surface area contributed by atoms with Crippen LogP contribution >= 0.6 is 12.2 Å². The predicted octanol–water partition coefficient (Wildman–Crippen LogP) is 3.01. The van der Waals surface area contributed by atoms with Gasteiger partial charge in [-0.1, -0.05) is 29.8 Å². The van der Waals surface area contributed by atoms with Crippen LogP contribution in [0.3, 0.4) is 0 Å². The van der Waals surface area contributed by atoms with Crippen molar-refractivity contribution < 1.29 is 9.90 Å². The van der Waals surface area contributed by atoms with E-state index in [-0.39, 0.29) is 5.56 Å². The van der Waals surface area contributed by atoms with Gasteiger partial charge in [-0.2, -0.15) is 5.10 Å². The molecule has 112 valence electrons. The summed E-state index contributed by atoms with van der Waals surface area (Å²) in [6.45, 7) is 2.02. The van der Waals surface area contributed by atoms with E-state index in [2.05, 4.69) is 15.8 Å². The van der Waals surface area contributed by atoms with Crippen LogP contribution in [0.4, 0.5) is 5.69 Å². The Kier molecular flexibility index (Phi) is 5.21. The van der Waals surface area contributed by atoms with Gasteiger partial charge in [-0.25, -0.2) is 4.79 Å². The third-order valence-corrected chi connectivity index (χ3v) is 3.04. The maximum atomic E-state index is 10.8. The first-order valence-corrected chi connectivity index (χ1v) is 6.95. The number of nitrogens with zero attached hydrogens (tertiary/aromatic N) is 1. The highest BCUT2D eigenvalue weighted by molar-refractivity contribution is 7.80. The van der Waals surface area contributed by atoms with Gasteiger partial charge >= 0.3 is 5.97 Å². The molecule has 5 nitrogen and oxygen atoms in total. The monoisotopic (exact) mass is 313 g/mol. The standard InChI is InChI=1S/C16H15N3O2S/c1-11-2-4-12(5-3-11)10-17-19-16(22)18-14-8-6-13(7-9-14)15(20)21/h2-10H,1H3,(H,20,21)(H2,18,19,22)/b17-10+. The molecule has 0 bridgehead atoms. The summed E-state index contributed by atoms with van der Waals surface area (Å²) in [5.74, 6) is -0.963. The summed E-state index contributed by atoms with van der Waals surface area (Å²) in [5, 5.41) is 16.1. The molecule has 2 aromatic rings. The quantitative estimate of drug-likeness (QED) is 0.460. The van der Waals surface area contributed by atoms with Crippen molar-refractivity contribution in [2.75, 3.05) is 5.32 Å². The molecule has 0 aliphatic carbocycles. The Morgan fingerprint density at radius 2 is 1.77 bits per heavy atom. The van der Waals surface area contributed by atoms with Crippen molar-refractivity contribution in [2.45, 2.75) is 6.92 Å². The van der Waals surface area contributed by atoms with Gasteiger partial charge in [0.1, 0.15) is 0 Å². The molecule has 22 heavy (non-hydrogen) atoms. The first-order chi connectivity index (χ1) is 10.5. The fourth-order valence-corrected chi connectivity index (χ4v) is 1.84. The highest BCUT2D eigenvalue weighted by atomic mass is 32.1. The Hall–Kier alpha value is -2.73. The van der Waals surface area contributed by atoms with Gasteiger partial charge in [-0.15, -0.1) is 0 Å². The van der Waals surface area contributed by atoms with Crippen LogP contribution in [0.25, 0.3) is 0 Å². The lowest BCUT2D eigenvalue weighted by Crippen LogP contribution is -2.23. The third kappa shape index (κ3) is 4.68. The van der Waals surface area contributed by atoms with E-state index in [1.807, 2.05) is 31.2 Å². The second-order valence-electron chi connectivity index (χ2n) is 4.62. The summed E-state index contributed by atoms with van der Waals surface area (Å²) in [4.78, 5) is 10.8. The fraction of sp³-hybridized carbons (Fsp3) is 0.0625. The topological polar surface area (TPSA) is 73.7 Å². The van der Waals surface area contributed by atoms with Crippen molar-refractivity contribution in [1.29, 1.82) is 0 Å². The van der Waals surface area contributed by atoms with E-state index in [1.165, 1.54) is 17.7 Å². The van der Waals surface area contributed by atoms with Crippen LogP contribution in [-0.4, -0.2) is 22.4 Å². The first-order valence-electron chi connectivity index (χ1n) is 6.55. The van der Waals surface area contributed by atoms with E-state index in [4.69, 9.17) is 17.3 Å². The van der Waals surface area contributed by atoms with Gasteiger partial charge < -0.3 is 10.4 Å². The SMILES string of the molecule is Cc1ccc(/C=N/NC(=S)Nc2ccc(C(=O)O)cc2)cc1. The lowest BCUT2D eigenvalue weighted by Gasteiger charge is -2.07. The smallest absolute Gasteiger partial charge is 0.335 e. The van der Waals surface area contributed by atoms with Crippen molar-refractivity contribution in [3.8, 4) is 0 Å². The number of rotatable bonds is 4. The van der Waals surface area contributed by atoms with E-state index in [1.54, 1.807) is 18.3 Å². The largest absolute Gasteiger partial charge is 0.478 e. The van der Waals surface area contributed by atoms with Gasteiger partial charge in [-0.3, -0.25) is 5.43 Å². The molecule has 3 N–H and O–H groups in total. The van der Waals surface area contributed by atoms with E-state index in [0.29, 0.717) is 10.8 Å². The average molecular weight is 313 g/mol. The van der Waals surface area contributed by atoms with Crippen molar-refractivity contribution >= 4 is 35.2 Å². The van der Waals surface area contributed by atoms with Crippen molar-refractivity contribution in [2.24, 2.45) is 5.10 Å². The molecule has 0 saturated carbocycles. The molecule has 6 heteroatoms. The molecule has 2 rings (SSSR count). The van der Waals surface area contributed by atoms with Crippen LogP contribution in [0.15, 0.2) is 53.6 Å². The highest BCUT2D eigenvalue weighted by Crippen LogP contribution is 2.09. The average Bonchev–Trinajstić information content (AvgIpc) is 2.50. The summed E-state index contributed by atoms with van der Waals surface area (Å²) < 4.78 is 0. The zero-order valence-corrected chi connectivity index (χ0v) is 12.7. The predicted molar refractivity (Wildman–Crippen MR) is 91.5 cm³/mol. The molecule has 0 atom stereocenters. The van der Waals surface area contributed by atoms with Crippen LogP contribution in [0.5, 0.6) is 0 Å². The number of carbonyl (C=O) groups is 1. The number of aromatic carboxylic acids is 1. The first kappa shape index (κ1) is 15.7. The molecule has 0 aliphatic rings. The molecular weight excluding hydrogens is 298 g/mol. The second kappa shape index (κ2) is 7.33. The number of nitrogens with one attached hydrogen (secondary N) is 2.